The lowest BCUT2D eigenvalue weighted by Gasteiger charge is -2.18. The van der Waals surface area contributed by atoms with Gasteiger partial charge in [-0.15, -0.1) is 35.3 Å². The molecule has 2 rings (SSSR count). The van der Waals surface area contributed by atoms with Crippen molar-refractivity contribution in [3.05, 3.63) is 58.3 Å². The van der Waals surface area contributed by atoms with Crippen LogP contribution in [0.3, 0.4) is 0 Å². The van der Waals surface area contributed by atoms with Crippen molar-refractivity contribution in [2.45, 2.75) is 19.5 Å². The van der Waals surface area contributed by atoms with Crippen LogP contribution in [-0.2, 0) is 6.54 Å². The van der Waals surface area contributed by atoms with Gasteiger partial charge < -0.3 is 10.6 Å². The molecule has 0 aliphatic carbocycles. The molecule has 5 heteroatoms. The average molecular weight is 401 g/mol. The van der Waals surface area contributed by atoms with E-state index in [-0.39, 0.29) is 30.0 Å². The Labute approximate surface area is 141 Å². The number of guanidine groups is 1. The van der Waals surface area contributed by atoms with Crippen LogP contribution >= 0.6 is 35.3 Å². The summed E-state index contributed by atoms with van der Waals surface area (Å²) in [6.07, 6.45) is 0. The topological polar surface area (TPSA) is 36.4 Å². The summed E-state index contributed by atoms with van der Waals surface area (Å²) < 4.78 is 0. The summed E-state index contributed by atoms with van der Waals surface area (Å²) in [4.78, 5) is 5.55. The molecule has 0 fully saturated rings. The van der Waals surface area contributed by atoms with Crippen LogP contribution in [0.25, 0.3) is 0 Å². The lowest BCUT2D eigenvalue weighted by Crippen LogP contribution is -2.38. The Balaban J connectivity index is 0.00000200. The number of rotatable bonds is 4. The summed E-state index contributed by atoms with van der Waals surface area (Å²) in [6, 6.07) is 14.8. The lowest BCUT2D eigenvalue weighted by molar-refractivity contribution is 0.686. The van der Waals surface area contributed by atoms with Gasteiger partial charge in [-0.25, -0.2) is 0 Å². The van der Waals surface area contributed by atoms with Gasteiger partial charge in [0.15, 0.2) is 5.96 Å². The van der Waals surface area contributed by atoms with Gasteiger partial charge in [-0.2, -0.15) is 0 Å². The first kappa shape index (κ1) is 17.0. The molecule has 0 spiro atoms. The Hall–Kier alpha value is -1.08. The molecule has 0 radical (unpaired) electrons. The van der Waals surface area contributed by atoms with Gasteiger partial charge in [-0.1, -0.05) is 36.4 Å². The Bertz CT molecular complexity index is 511. The Morgan fingerprint density at radius 1 is 1.20 bits per heavy atom. The van der Waals surface area contributed by atoms with Gasteiger partial charge in [-0.3, -0.25) is 4.99 Å². The summed E-state index contributed by atoms with van der Waals surface area (Å²) in [5.74, 6) is 0.824. The van der Waals surface area contributed by atoms with Gasteiger partial charge in [-0.05, 0) is 23.9 Å². The fourth-order valence-electron chi connectivity index (χ4n) is 1.81. The van der Waals surface area contributed by atoms with Crippen LogP contribution in [-0.4, -0.2) is 13.0 Å². The predicted octanol–water partition coefficient (Wildman–Crippen LogP) is 3.79. The van der Waals surface area contributed by atoms with Crippen molar-refractivity contribution in [3.8, 4) is 0 Å². The summed E-state index contributed by atoms with van der Waals surface area (Å²) in [6.45, 7) is 2.94. The highest BCUT2D eigenvalue weighted by molar-refractivity contribution is 14.0. The van der Waals surface area contributed by atoms with Crippen LogP contribution in [0.2, 0.25) is 0 Å². The second kappa shape index (κ2) is 8.97. The number of hydrogen-bond donors (Lipinski definition) is 2. The minimum absolute atomic E-state index is 0. The van der Waals surface area contributed by atoms with E-state index in [1.807, 2.05) is 6.07 Å². The lowest BCUT2D eigenvalue weighted by atomic mass is 10.1. The Morgan fingerprint density at radius 2 is 1.95 bits per heavy atom. The molecule has 20 heavy (non-hydrogen) atoms. The fraction of sp³-hybridized carbons (Fsp3) is 0.267. The van der Waals surface area contributed by atoms with Gasteiger partial charge >= 0.3 is 0 Å². The highest BCUT2D eigenvalue weighted by atomic mass is 127. The molecule has 1 atom stereocenters. The second-order valence-electron chi connectivity index (χ2n) is 4.28. The highest BCUT2D eigenvalue weighted by Crippen LogP contribution is 2.11. The largest absolute Gasteiger partial charge is 0.352 e. The first-order valence-corrected chi connectivity index (χ1v) is 7.22. The number of nitrogens with zero attached hydrogens (tertiary/aromatic N) is 1. The van der Waals surface area contributed by atoms with Crippen molar-refractivity contribution < 1.29 is 0 Å². The average Bonchev–Trinajstić information content (AvgIpc) is 2.97. The third-order valence-corrected chi connectivity index (χ3v) is 3.76. The van der Waals surface area contributed by atoms with Crippen LogP contribution in [0.15, 0.2) is 52.8 Å². The van der Waals surface area contributed by atoms with Crippen molar-refractivity contribution >= 4 is 41.3 Å². The number of aliphatic imine (C=N–C) groups is 1. The number of hydrogen-bond acceptors (Lipinski definition) is 2. The standard InChI is InChI=1S/C15H19N3S.HI/c1-12(13-7-4-3-5-8-13)18-15(16-2)17-11-14-9-6-10-19-14;/h3-10,12H,11H2,1-2H3,(H2,16,17,18);1H. The SMILES string of the molecule is CN=C(NCc1cccs1)NC(C)c1ccccc1.I. The molecule has 1 aromatic heterocycles. The summed E-state index contributed by atoms with van der Waals surface area (Å²) in [7, 11) is 1.79. The predicted molar refractivity (Wildman–Crippen MR) is 97.9 cm³/mol. The first-order valence-electron chi connectivity index (χ1n) is 6.34. The molecule has 1 heterocycles. The van der Waals surface area contributed by atoms with Crippen LogP contribution in [0.5, 0.6) is 0 Å². The molecule has 2 N–H and O–H groups in total. The molecule has 1 aromatic carbocycles. The van der Waals surface area contributed by atoms with Gasteiger partial charge in [0.05, 0.1) is 12.6 Å². The molecular formula is C15H20IN3S. The maximum absolute atomic E-state index is 4.25. The molecule has 0 aliphatic rings. The van der Waals surface area contributed by atoms with Gasteiger partial charge in [0.25, 0.3) is 0 Å². The van der Waals surface area contributed by atoms with E-state index in [1.54, 1.807) is 18.4 Å². The van der Waals surface area contributed by atoms with E-state index in [1.165, 1.54) is 10.4 Å². The molecule has 0 amide bonds. The van der Waals surface area contributed by atoms with Gasteiger partial charge in [0, 0.05) is 11.9 Å². The molecule has 2 aromatic rings. The maximum atomic E-state index is 4.25. The van der Waals surface area contributed by atoms with E-state index in [0.717, 1.165) is 12.5 Å². The van der Waals surface area contributed by atoms with Gasteiger partial charge in [0.1, 0.15) is 0 Å². The summed E-state index contributed by atoms with van der Waals surface area (Å²) >= 11 is 1.75. The van der Waals surface area contributed by atoms with E-state index >= 15 is 0 Å². The van der Waals surface area contributed by atoms with Crippen molar-refractivity contribution in [2.24, 2.45) is 4.99 Å². The number of nitrogens with one attached hydrogen (secondary N) is 2. The molecule has 0 aliphatic heterocycles. The Kier molecular flexibility index (Phi) is 7.61. The number of halogens is 1. The number of thiophene rings is 1. The third-order valence-electron chi connectivity index (χ3n) is 2.89. The van der Waals surface area contributed by atoms with E-state index < -0.39 is 0 Å². The third kappa shape index (κ3) is 5.13. The van der Waals surface area contributed by atoms with Crippen molar-refractivity contribution in [1.82, 2.24) is 10.6 Å². The molecule has 0 saturated heterocycles. The van der Waals surface area contributed by atoms with Crippen molar-refractivity contribution in [3.63, 3.8) is 0 Å². The summed E-state index contributed by atoms with van der Waals surface area (Å²) in [5, 5.41) is 8.79. The second-order valence-corrected chi connectivity index (χ2v) is 5.31. The molecule has 0 bridgehead atoms. The van der Waals surface area contributed by atoms with Crippen LogP contribution in [0.4, 0.5) is 0 Å². The fourth-order valence-corrected chi connectivity index (χ4v) is 2.45. The van der Waals surface area contributed by atoms with E-state index in [9.17, 15) is 0 Å². The zero-order chi connectivity index (χ0) is 13.5. The Morgan fingerprint density at radius 3 is 2.55 bits per heavy atom. The molecule has 0 saturated carbocycles. The molecule has 108 valence electrons. The van der Waals surface area contributed by atoms with Crippen molar-refractivity contribution in [1.29, 1.82) is 0 Å². The zero-order valence-electron chi connectivity index (χ0n) is 11.7. The quantitative estimate of drug-likeness (QED) is 0.465. The summed E-state index contributed by atoms with van der Waals surface area (Å²) in [5.41, 5.74) is 1.25. The monoisotopic (exact) mass is 401 g/mol. The minimum Gasteiger partial charge on any atom is -0.352 e. The van der Waals surface area contributed by atoms with Crippen LogP contribution < -0.4 is 10.6 Å². The normalized spacial score (nSPS) is 12.4. The minimum atomic E-state index is 0. The first-order chi connectivity index (χ1) is 9.29. The van der Waals surface area contributed by atoms with E-state index in [4.69, 9.17) is 0 Å². The zero-order valence-corrected chi connectivity index (χ0v) is 14.8. The molecular weight excluding hydrogens is 381 g/mol. The van der Waals surface area contributed by atoms with Gasteiger partial charge in [0.2, 0.25) is 0 Å². The highest BCUT2D eigenvalue weighted by Gasteiger charge is 2.06. The van der Waals surface area contributed by atoms with Crippen LogP contribution in [0.1, 0.15) is 23.4 Å². The molecule has 1 unspecified atom stereocenters. The van der Waals surface area contributed by atoms with E-state index in [2.05, 4.69) is 64.3 Å². The smallest absolute Gasteiger partial charge is 0.191 e. The van der Waals surface area contributed by atoms with E-state index in [0.29, 0.717) is 0 Å². The van der Waals surface area contributed by atoms with Crippen molar-refractivity contribution in [2.75, 3.05) is 7.05 Å². The molecule has 3 nitrogen and oxygen atoms in total. The maximum Gasteiger partial charge on any atom is 0.191 e. The van der Waals surface area contributed by atoms with Crippen LogP contribution in [0, 0.1) is 0 Å². The number of benzene rings is 1.